The van der Waals surface area contributed by atoms with Crippen molar-refractivity contribution in [1.29, 1.82) is 0 Å². The molecular weight excluding hydrogens is 335 g/mol. The Morgan fingerprint density at radius 3 is 2.72 bits per heavy atom. The summed E-state index contributed by atoms with van der Waals surface area (Å²) in [5.74, 6) is 0.886. The minimum atomic E-state index is -0.183. The highest BCUT2D eigenvalue weighted by Gasteiger charge is 2.22. The van der Waals surface area contributed by atoms with Crippen molar-refractivity contribution < 1.29 is 4.39 Å². The molecule has 0 unspecified atom stereocenters. The molecule has 0 saturated carbocycles. The van der Waals surface area contributed by atoms with Gasteiger partial charge < -0.3 is 10.2 Å². The van der Waals surface area contributed by atoms with Gasteiger partial charge in [0.25, 0.3) is 0 Å². The number of benzene rings is 1. The van der Waals surface area contributed by atoms with Gasteiger partial charge in [0, 0.05) is 25.7 Å². The lowest BCUT2D eigenvalue weighted by molar-refractivity contribution is 0.413. The highest BCUT2D eigenvalue weighted by atomic mass is 32.1. The van der Waals surface area contributed by atoms with Gasteiger partial charge in [-0.1, -0.05) is 12.1 Å². The van der Waals surface area contributed by atoms with Crippen LogP contribution in [0.3, 0.4) is 0 Å². The summed E-state index contributed by atoms with van der Waals surface area (Å²) in [6, 6.07) is 7.21. The Morgan fingerprint density at radius 2 is 1.96 bits per heavy atom. The Morgan fingerprint density at radius 1 is 1.20 bits per heavy atom. The maximum atomic E-state index is 13.0. The molecule has 0 radical (unpaired) electrons. The van der Waals surface area contributed by atoms with Crippen LogP contribution in [0.2, 0.25) is 0 Å². The van der Waals surface area contributed by atoms with Crippen molar-refractivity contribution in [2.45, 2.75) is 32.4 Å². The predicted molar refractivity (Wildman–Crippen MR) is 101 cm³/mol. The summed E-state index contributed by atoms with van der Waals surface area (Å²) in [7, 11) is 0. The number of piperidine rings is 1. The van der Waals surface area contributed by atoms with Crippen LogP contribution in [0.15, 0.2) is 36.0 Å². The van der Waals surface area contributed by atoms with Crippen molar-refractivity contribution >= 4 is 27.4 Å². The van der Waals surface area contributed by atoms with Gasteiger partial charge in [-0.05, 0) is 48.4 Å². The maximum absolute atomic E-state index is 13.0. The van der Waals surface area contributed by atoms with E-state index < -0.39 is 0 Å². The van der Waals surface area contributed by atoms with Crippen LogP contribution in [0.25, 0.3) is 10.2 Å². The van der Waals surface area contributed by atoms with Gasteiger partial charge >= 0.3 is 0 Å². The van der Waals surface area contributed by atoms with Gasteiger partial charge in [0.2, 0.25) is 0 Å². The van der Waals surface area contributed by atoms with Crippen molar-refractivity contribution in [2.75, 3.05) is 18.0 Å². The number of halogens is 1. The van der Waals surface area contributed by atoms with E-state index in [4.69, 9.17) is 0 Å². The highest BCUT2D eigenvalue weighted by molar-refractivity contribution is 7.18. The third-order valence-corrected chi connectivity index (χ3v) is 5.90. The molecule has 0 aliphatic carbocycles. The van der Waals surface area contributed by atoms with E-state index in [2.05, 4.69) is 32.5 Å². The number of hydrogen-bond donors (Lipinski definition) is 1. The Bertz CT molecular complexity index is 853. The van der Waals surface area contributed by atoms with Crippen molar-refractivity contribution in [2.24, 2.45) is 0 Å². The number of aromatic nitrogens is 2. The Labute approximate surface area is 150 Å². The number of thiophene rings is 1. The van der Waals surface area contributed by atoms with E-state index in [-0.39, 0.29) is 5.82 Å². The van der Waals surface area contributed by atoms with E-state index >= 15 is 0 Å². The summed E-state index contributed by atoms with van der Waals surface area (Å²) in [5.41, 5.74) is 3.42. The first-order chi connectivity index (χ1) is 12.2. The largest absolute Gasteiger partial charge is 0.355 e. The molecule has 0 atom stereocenters. The van der Waals surface area contributed by atoms with Crippen LogP contribution in [-0.2, 0) is 6.54 Å². The zero-order chi connectivity index (χ0) is 17.2. The lowest BCUT2D eigenvalue weighted by Gasteiger charge is -2.33. The smallest absolute Gasteiger partial charge is 0.150 e. The molecular formula is C19H21FN4S. The van der Waals surface area contributed by atoms with Crippen LogP contribution < -0.4 is 10.2 Å². The van der Waals surface area contributed by atoms with E-state index in [9.17, 15) is 4.39 Å². The highest BCUT2D eigenvalue weighted by Crippen LogP contribution is 2.32. The molecule has 1 aliphatic rings. The van der Waals surface area contributed by atoms with Gasteiger partial charge in [-0.2, -0.15) is 0 Å². The van der Waals surface area contributed by atoms with Crippen molar-refractivity contribution in [3.05, 3.63) is 52.9 Å². The van der Waals surface area contributed by atoms with Gasteiger partial charge in [-0.3, -0.25) is 0 Å². The van der Waals surface area contributed by atoms with Crippen molar-refractivity contribution in [1.82, 2.24) is 15.3 Å². The second-order valence-electron chi connectivity index (χ2n) is 6.56. The van der Waals surface area contributed by atoms with Gasteiger partial charge in [0.1, 0.15) is 18.0 Å². The third-order valence-electron chi connectivity index (χ3n) is 4.81. The lowest BCUT2D eigenvalue weighted by Crippen LogP contribution is -2.42. The first kappa shape index (κ1) is 16.4. The quantitative estimate of drug-likeness (QED) is 0.770. The normalized spacial score (nSPS) is 15.8. The van der Waals surface area contributed by atoms with Crippen LogP contribution in [-0.4, -0.2) is 29.1 Å². The lowest BCUT2D eigenvalue weighted by atomic mass is 10.0. The Kier molecular flexibility index (Phi) is 4.63. The van der Waals surface area contributed by atoms with Crippen LogP contribution >= 0.6 is 11.3 Å². The summed E-state index contributed by atoms with van der Waals surface area (Å²) in [4.78, 5) is 11.3. The van der Waals surface area contributed by atoms with E-state index in [1.165, 1.54) is 22.4 Å². The van der Waals surface area contributed by atoms with Crippen LogP contribution in [0, 0.1) is 12.7 Å². The molecule has 2 aromatic heterocycles. The molecule has 4 nitrogen and oxygen atoms in total. The molecule has 3 heterocycles. The molecule has 1 saturated heterocycles. The molecule has 0 bridgehead atoms. The monoisotopic (exact) mass is 356 g/mol. The summed E-state index contributed by atoms with van der Waals surface area (Å²) in [6.45, 7) is 4.86. The average Bonchev–Trinajstić information content (AvgIpc) is 3.03. The Hall–Kier alpha value is -2.05. The molecule has 130 valence electrons. The fraction of sp³-hybridized carbons (Fsp3) is 0.368. The summed E-state index contributed by atoms with van der Waals surface area (Å²) in [5, 5.41) is 5.74. The molecule has 1 fully saturated rings. The molecule has 1 aromatic carbocycles. The van der Waals surface area contributed by atoms with Gasteiger partial charge in [-0.15, -0.1) is 11.3 Å². The van der Waals surface area contributed by atoms with Crippen molar-refractivity contribution in [3.8, 4) is 0 Å². The predicted octanol–water partition coefficient (Wildman–Crippen LogP) is 3.90. The van der Waals surface area contributed by atoms with Crippen LogP contribution in [0.4, 0.5) is 10.2 Å². The van der Waals surface area contributed by atoms with Crippen LogP contribution in [0.1, 0.15) is 24.0 Å². The first-order valence-corrected chi connectivity index (χ1v) is 9.50. The second kappa shape index (κ2) is 7.06. The molecule has 3 aromatic rings. The Balaban J connectivity index is 1.37. The summed E-state index contributed by atoms with van der Waals surface area (Å²) >= 11 is 1.73. The molecule has 0 spiro atoms. The molecule has 4 rings (SSSR count). The number of anilines is 1. The number of nitrogens with zero attached hydrogens (tertiary/aromatic N) is 3. The van der Waals surface area contributed by atoms with E-state index in [0.717, 1.165) is 49.4 Å². The SMILES string of the molecule is Cc1csc2c(N3CCC(NCc4ccc(F)cc4)CC3)ncnc12. The maximum Gasteiger partial charge on any atom is 0.150 e. The van der Waals surface area contributed by atoms with Gasteiger partial charge in [0.15, 0.2) is 0 Å². The topological polar surface area (TPSA) is 41.0 Å². The number of rotatable bonds is 4. The molecule has 6 heteroatoms. The molecule has 1 N–H and O–H groups in total. The number of aryl methyl sites for hydroxylation is 1. The minimum absolute atomic E-state index is 0.183. The van der Waals surface area contributed by atoms with E-state index in [0.29, 0.717) is 6.04 Å². The zero-order valence-corrected chi connectivity index (χ0v) is 15.0. The van der Waals surface area contributed by atoms with Crippen molar-refractivity contribution in [3.63, 3.8) is 0 Å². The van der Waals surface area contributed by atoms with Gasteiger partial charge in [0.05, 0.1) is 10.2 Å². The third kappa shape index (κ3) is 3.50. The number of hydrogen-bond acceptors (Lipinski definition) is 5. The standard InChI is InChI=1S/C19H21FN4S/c1-13-11-25-18-17(13)22-12-23-19(18)24-8-6-16(7-9-24)21-10-14-2-4-15(20)5-3-14/h2-5,11-12,16,21H,6-10H2,1H3. The van der Waals surface area contributed by atoms with E-state index in [1.807, 2.05) is 12.1 Å². The van der Waals surface area contributed by atoms with E-state index in [1.54, 1.807) is 17.7 Å². The molecule has 1 aliphatic heterocycles. The zero-order valence-electron chi connectivity index (χ0n) is 14.2. The average molecular weight is 356 g/mol. The first-order valence-electron chi connectivity index (χ1n) is 8.62. The summed E-state index contributed by atoms with van der Waals surface area (Å²) < 4.78 is 14.2. The molecule has 0 amide bonds. The number of fused-ring (bicyclic) bond motifs is 1. The fourth-order valence-electron chi connectivity index (χ4n) is 3.34. The molecule has 25 heavy (non-hydrogen) atoms. The summed E-state index contributed by atoms with van der Waals surface area (Å²) in [6.07, 6.45) is 3.84. The van der Waals surface area contributed by atoms with Gasteiger partial charge in [-0.25, -0.2) is 14.4 Å². The second-order valence-corrected chi connectivity index (χ2v) is 7.44. The number of nitrogens with one attached hydrogen (secondary N) is 1. The fourth-order valence-corrected chi connectivity index (χ4v) is 4.36. The van der Waals surface area contributed by atoms with Crippen LogP contribution in [0.5, 0.6) is 0 Å². The minimum Gasteiger partial charge on any atom is -0.355 e.